The summed E-state index contributed by atoms with van der Waals surface area (Å²) in [7, 11) is 0. The van der Waals surface area contributed by atoms with Crippen LogP contribution in [0.1, 0.15) is 52.4 Å². The van der Waals surface area contributed by atoms with Crippen LogP contribution >= 0.6 is 11.3 Å². The molecule has 0 aliphatic carbocycles. The second-order valence-electron chi connectivity index (χ2n) is 9.48. The fourth-order valence-electron chi connectivity index (χ4n) is 4.10. The number of carbonyl (C=O) groups excluding carboxylic acids is 2. The summed E-state index contributed by atoms with van der Waals surface area (Å²) in [4.78, 5) is 35.7. The number of carbonyl (C=O) groups is 2. The van der Waals surface area contributed by atoms with Gasteiger partial charge in [-0.15, -0.1) is 0 Å². The van der Waals surface area contributed by atoms with Gasteiger partial charge in [0, 0.05) is 42.6 Å². The highest BCUT2D eigenvalue weighted by atomic mass is 32.1. The number of rotatable bonds is 9. The van der Waals surface area contributed by atoms with Crippen molar-refractivity contribution in [2.24, 2.45) is 5.92 Å². The van der Waals surface area contributed by atoms with Gasteiger partial charge >= 0.3 is 0 Å². The van der Waals surface area contributed by atoms with E-state index < -0.39 is 0 Å². The Kier molecular flexibility index (Phi) is 7.32. The minimum Gasteiger partial charge on any atom is -0.351 e. The van der Waals surface area contributed by atoms with Gasteiger partial charge in [0.15, 0.2) is 11.5 Å². The smallest absolute Gasteiger partial charge is 0.270 e. The van der Waals surface area contributed by atoms with Gasteiger partial charge in [-0.05, 0) is 60.5 Å². The summed E-state index contributed by atoms with van der Waals surface area (Å²) in [5, 5.41) is 14.2. The van der Waals surface area contributed by atoms with E-state index in [2.05, 4.69) is 34.6 Å². The molecule has 0 bridgehead atoms. The maximum absolute atomic E-state index is 13.3. The summed E-state index contributed by atoms with van der Waals surface area (Å²) in [5.74, 6) is 0.687. The van der Waals surface area contributed by atoms with Gasteiger partial charge in [0.25, 0.3) is 11.8 Å². The minimum absolute atomic E-state index is 0.213. The molecule has 0 saturated heterocycles. The molecule has 194 valence electrons. The van der Waals surface area contributed by atoms with Crippen LogP contribution in [-0.2, 0) is 6.54 Å². The lowest BCUT2D eigenvalue weighted by Gasteiger charge is -2.09. The van der Waals surface area contributed by atoms with Gasteiger partial charge < -0.3 is 10.6 Å². The van der Waals surface area contributed by atoms with Crippen LogP contribution in [0.3, 0.4) is 0 Å². The molecule has 0 fully saturated rings. The predicted molar refractivity (Wildman–Crippen MR) is 148 cm³/mol. The Balaban J connectivity index is 1.38. The molecule has 0 aromatic carbocycles. The third-order valence-electron chi connectivity index (χ3n) is 6.13. The standard InChI is InChI=1S/C28H29N7O2S/c1-18(2)8-11-29-28(37)25-24(21-10-14-38-17-21)32-26-22(5-4-12-34(25)26)27(36)31-16-20-6-7-23(30-15-20)35-13-9-19(3)33-35/h4-7,9-10,12-15,17-18H,8,11,16H2,1-3H3,(H,29,37)(H,31,36). The molecule has 5 aromatic heterocycles. The zero-order chi connectivity index (χ0) is 26.6. The minimum atomic E-state index is -0.281. The van der Waals surface area contributed by atoms with Gasteiger partial charge in [0.1, 0.15) is 11.4 Å². The third-order valence-corrected chi connectivity index (χ3v) is 6.81. The fraction of sp³-hybridized carbons (Fsp3) is 0.250. The highest BCUT2D eigenvalue weighted by Crippen LogP contribution is 2.28. The van der Waals surface area contributed by atoms with E-state index in [0.717, 1.165) is 23.2 Å². The van der Waals surface area contributed by atoms with Crippen LogP contribution in [0.15, 0.2) is 65.7 Å². The molecule has 10 heteroatoms. The Morgan fingerprint density at radius 3 is 2.61 bits per heavy atom. The highest BCUT2D eigenvalue weighted by molar-refractivity contribution is 7.08. The molecular weight excluding hydrogens is 498 g/mol. The fourth-order valence-corrected chi connectivity index (χ4v) is 4.74. The first-order valence-corrected chi connectivity index (χ1v) is 13.4. The second-order valence-corrected chi connectivity index (χ2v) is 10.3. The van der Waals surface area contributed by atoms with Crippen molar-refractivity contribution in [1.82, 2.24) is 34.8 Å². The van der Waals surface area contributed by atoms with E-state index >= 15 is 0 Å². The highest BCUT2D eigenvalue weighted by Gasteiger charge is 2.24. The van der Waals surface area contributed by atoms with Crippen LogP contribution in [-0.4, -0.2) is 42.5 Å². The number of aryl methyl sites for hydroxylation is 1. The van der Waals surface area contributed by atoms with Gasteiger partial charge in [-0.2, -0.15) is 16.4 Å². The van der Waals surface area contributed by atoms with Crippen molar-refractivity contribution in [2.75, 3.05) is 6.54 Å². The Bertz CT molecular complexity index is 1570. The molecule has 0 atom stereocenters. The van der Waals surface area contributed by atoms with E-state index in [4.69, 9.17) is 4.98 Å². The molecule has 0 unspecified atom stereocenters. The molecule has 9 nitrogen and oxygen atoms in total. The molecule has 5 aromatic rings. The molecule has 38 heavy (non-hydrogen) atoms. The number of fused-ring (bicyclic) bond motifs is 1. The van der Waals surface area contributed by atoms with Crippen LogP contribution < -0.4 is 10.6 Å². The van der Waals surface area contributed by atoms with E-state index in [1.54, 1.807) is 33.6 Å². The molecule has 0 saturated carbocycles. The van der Waals surface area contributed by atoms with Crippen LogP contribution in [0.25, 0.3) is 22.7 Å². The van der Waals surface area contributed by atoms with Crippen molar-refractivity contribution < 1.29 is 9.59 Å². The molecule has 5 rings (SSSR count). The van der Waals surface area contributed by atoms with Crippen LogP contribution in [0.4, 0.5) is 0 Å². The van der Waals surface area contributed by atoms with Crippen molar-refractivity contribution in [3.8, 4) is 17.1 Å². The SMILES string of the molecule is Cc1ccn(-c2ccc(CNC(=O)c3cccn4c(C(=O)NCCC(C)C)c(-c5ccsc5)nc34)cn2)n1. The van der Waals surface area contributed by atoms with Crippen molar-refractivity contribution >= 4 is 28.8 Å². The molecule has 2 N–H and O–H groups in total. The summed E-state index contributed by atoms with van der Waals surface area (Å²) < 4.78 is 3.41. The second kappa shape index (κ2) is 11.0. The van der Waals surface area contributed by atoms with Gasteiger partial charge in [0.2, 0.25) is 0 Å². The lowest BCUT2D eigenvalue weighted by atomic mass is 10.1. The Hall–Kier alpha value is -4.31. The number of hydrogen-bond acceptors (Lipinski definition) is 6. The maximum Gasteiger partial charge on any atom is 0.270 e. The molecule has 0 radical (unpaired) electrons. The molecule has 0 aliphatic heterocycles. The van der Waals surface area contributed by atoms with Crippen molar-refractivity contribution in [1.29, 1.82) is 0 Å². The summed E-state index contributed by atoms with van der Waals surface area (Å²) >= 11 is 1.53. The monoisotopic (exact) mass is 527 g/mol. The quantitative estimate of drug-likeness (QED) is 0.290. The number of pyridine rings is 2. The Labute approximate surface area is 224 Å². The number of nitrogens with one attached hydrogen (secondary N) is 2. The molecule has 0 aliphatic rings. The van der Waals surface area contributed by atoms with Crippen molar-refractivity contribution in [3.63, 3.8) is 0 Å². The Morgan fingerprint density at radius 2 is 1.92 bits per heavy atom. The lowest BCUT2D eigenvalue weighted by molar-refractivity contribution is 0.0938. The number of amides is 2. The first-order chi connectivity index (χ1) is 18.4. The number of imidazole rings is 1. The normalized spacial score (nSPS) is 11.3. The van der Waals surface area contributed by atoms with E-state index in [1.807, 2.05) is 48.1 Å². The summed E-state index contributed by atoms with van der Waals surface area (Å²) in [6.45, 7) is 7.03. The van der Waals surface area contributed by atoms with Crippen LogP contribution in [0.2, 0.25) is 0 Å². The first-order valence-electron chi connectivity index (χ1n) is 12.5. The maximum atomic E-state index is 13.3. The van der Waals surface area contributed by atoms with Gasteiger partial charge in [0.05, 0.1) is 11.3 Å². The first kappa shape index (κ1) is 25.3. The van der Waals surface area contributed by atoms with Gasteiger partial charge in [-0.3, -0.25) is 14.0 Å². The zero-order valence-electron chi connectivity index (χ0n) is 21.5. The van der Waals surface area contributed by atoms with Crippen molar-refractivity contribution in [3.05, 3.63) is 88.3 Å². The third kappa shape index (κ3) is 5.35. The number of aromatic nitrogens is 5. The average Bonchev–Trinajstić information content (AvgIpc) is 3.66. The molecule has 2 amide bonds. The lowest BCUT2D eigenvalue weighted by Crippen LogP contribution is -2.27. The summed E-state index contributed by atoms with van der Waals surface area (Å²) in [6.07, 6.45) is 6.22. The van der Waals surface area contributed by atoms with Gasteiger partial charge in [-0.1, -0.05) is 19.9 Å². The van der Waals surface area contributed by atoms with E-state index in [9.17, 15) is 9.59 Å². The zero-order valence-corrected chi connectivity index (χ0v) is 22.3. The number of nitrogens with zero attached hydrogens (tertiary/aromatic N) is 5. The predicted octanol–water partition coefficient (Wildman–Crippen LogP) is 4.66. The summed E-state index contributed by atoms with van der Waals surface area (Å²) in [5.41, 5.74) is 4.41. The van der Waals surface area contributed by atoms with Gasteiger partial charge in [-0.25, -0.2) is 14.6 Å². The van der Waals surface area contributed by atoms with E-state index in [0.29, 0.717) is 47.4 Å². The molecular formula is C28H29N7O2S. The topological polar surface area (TPSA) is 106 Å². The molecule has 5 heterocycles. The Morgan fingerprint density at radius 1 is 1.05 bits per heavy atom. The van der Waals surface area contributed by atoms with Crippen LogP contribution in [0.5, 0.6) is 0 Å². The number of hydrogen-bond donors (Lipinski definition) is 2. The van der Waals surface area contributed by atoms with Crippen molar-refractivity contribution in [2.45, 2.75) is 33.7 Å². The average molecular weight is 528 g/mol. The van der Waals surface area contributed by atoms with E-state index in [-0.39, 0.29) is 11.8 Å². The number of thiophene rings is 1. The van der Waals surface area contributed by atoms with E-state index in [1.165, 1.54) is 11.3 Å². The molecule has 0 spiro atoms. The largest absolute Gasteiger partial charge is 0.351 e. The van der Waals surface area contributed by atoms with Crippen LogP contribution in [0, 0.1) is 12.8 Å². The summed E-state index contributed by atoms with van der Waals surface area (Å²) in [6, 6.07) is 11.1.